The van der Waals surface area contributed by atoms with E-state index in [4.69, 9.17) is 4.74 Å². The van der Waals surface area contributed by atoms with Crippen molar-refractivity contribution in [3.8, 4) is 5.75 Å². The zero-order valence-electron chi connectivity index (χ0n) is 16.0. The second kappa shape index (κ2) is 10.1. The Morgan fingerprint density at radius 3 is 2.79 bits per heavy atom. The van der Waals surface area contributed by atoms with Gasteiger partial charge in [0, 0.05) is 36.4 Å². The molecule has 152 valence electrons. The molecule has 1 amide bonds. The zero-order valence-corrected chi connectivity index (χ0v) is 17.6. The molecule has 2 aliphatic heterocycles. The van der Waals surface area contributed by atoms with Gasteiger partial charge in [-0.3, -0.25) is 9.78 Å². The molecule has 1 aromatic heterocycles. The molecule has 2 aliphatic rings. The number of likely N-dealkylation sites (tertiary alicyclic amines) is 1. The normalized spacial score (nSPS) is 20.5. The topological polar surface area (TPSA) is 54.5 Å². The number of ether oxygens (including phenoxy) is 1. The van der Waals surface area contributed by atoms with Crippen molar-refractivity contribution in [3.63, 3.8) is 0 Å². The number of carbonyl (C=O) groups excluding carboxylic acids is 1. The SMILES string of the molecule is Cc1ccc(OCc2cccc(C(=O)N3CCC4CCC(C3)N4)c2)cn1.Cl.Cl. The molecule has 2 bridgehead atoms. The summed E-state index contributed by atoms with van der Waals surface area (Å²) < 4.78 is 5.79. The fraction of sp³-hybridized carbons (Fsp3) is 0.429. The number of benzene rings is 1. The average molecular weight is 424 g/mol. The van der Waals surface area contributed by atoms with Crippen molar-refractivity contribution in [2.75, 3.05) is 13.1 Å². The van der Waals surface area contributed by atoms with E-state index in [1.165, 1.54) is 12.8 Å². The van der Waals surface area contributed by atoms with Crippen molar-refractivity contribution in [1.29, 1.82) is 0 Å². The number of rotatable bonds is 4. The van der Waals surface area contributed by atoms with Gasteiger partial charge in [0.2, 0.25) is 0 Å². The van der Waals surface area contributed by atoms with Gasteiger partial charge in [-0.25, -0.2) is 0 Å². The van der Waals surface area contributed by atoms with E-state index >= 15 is 0 Å². The van der Waals surface area contributed by atoms with Crippen LogP contribution in [0.2, 0.25) is 0 Å². The number of amides is 1. The average Bonchev–Trinajstić information content (AvgIpc) is 3.00. The minimum absolute atomic E-state index is 0. The summed E-state index contributed by atoms with van der Waals surface area (Å²) in [7, 11) is 0. The number of aryl methyl sites for hydroxylation is 1. The lowest BCUT2D eigenvalue weighted by Crippen LogP contribution is -2.39. The summed E-state index contributed by atoms with van der Waals surface area (Å²) in [5.41, 5.74) is 2.70. The second-order valence-corrected chi connectivity index (χ2v) is 7.30. The Balaban J connectivity index is 0.00000140. The lowest BCUT2D eigenvalue weighted by molar-refractivity contribution is 0.0748. The van der Waals surface area contributed by atoms with E-state index < -0.39 is 0 Å². The molecule has 3 heterocycles. The van der Waals surface area contributed by atoms with Crippen LogP contribution in [-0.4, -0.2) is 41.0 Å². The quantitative estimate of drug-likeness (QED) is 0.812. The highest BCUT2D eigenvalue weighted by molar-refractivity contribution is 5.94. The monoisotopic (exact) mass is 423 g/mol. The Labute approximate surface area is 178 Å². The van der Waals surface area contributed by atoms with E-state index in [-0.39, 0.29) is 30.7 Å². The molecule has 0 radical (unpaired) electrons. The molecule has 2 aromatic rings. The Kier molecular flexibility index (Phi) is 8.10. The molecule has 4 rings (SSSR count). The smallest absolute Gasteiger partial charge is 0.253 e. The van der Waals surface area contributed by atoms with Gasteiger partial charge in [0.05, 0.1) is 6.20 Å². The van der Waals surface area contributed by atoms with E-state index in [9.17, 15) is 4.79 Å². The predicted octanol–water partition coefficient (Wildman–Crippen LogP) is 3.78. The molecule has 2 unspecified atom stereocenters. The van der Waals surface area contributed by atoms with Gasteiger partial charge in [-0.2, -0.15) is 0 Å². The van der Waals surface area contributed by atoms with E-state index in [1.807, 2.05) is 48.2 Å². The molecule has 2 saturated heterocycles. The molecule has 2 atom stereocenters. The molecule has 0 aliphatic carbocycles. The van der Waals surface area contributed by atoms with Crippen LogP contribution in [0, 0.1) is 6.92 Å². The summed E-state index contributed by atoms with van der Waals surface area (Å²) in [6.45, 7) is 4.02. The summed E-state index contributed by atoms with van der Waals surface area (Å²) in [5, 5.41) is 3.62. The molecule has 5 nitrogen and oxygen atoms in total. The second-order valence-electron chi connectivity index (χ2n) is 7.30. The van der Waals surface area contributed by atoms with Gasteiger partial charge in [0.25, 0.3) is 5.91 Å². The lowest BCUT2D eigenvalue weighted by Gasteiger charge is -2.24. The Bertz CT molecular complexity index is 785. The third kappa shape index (κ3) is 5.37. The highest BCUT2D eigenvalue weighted by Crippen LogP contribution is 2.22. The molecule has 0 saturated carbocycles. The van der Waals surface area contributed by atoms with E-state index in [0.717, 1.165) is 42.1 Å². The van der Waals surface area contributed by atoms with Crippen LogP contribution < -0.4 is 10.1 Å². The number of carbonyl (C=O) groups is 1. The minimum atomic E-state index is 0. The molecule has 28 heavy (non-hydrogen) atoms. The summed E-state index contributed by atoms with van der Waals surface area (Å²) in [5.74, 6) is 0.861. The highest BCUT2D eigenvalue weighted by atomic mass is 35.5. The predicted molar refractivity (Wildman–Crippen MR) is 115 cm³/mol. The fourth-order valence-corrected chi connectivity index (χ4v) is 3.81. The Morgan fingerprint density at radius 1 is 1.18 bits per heavy atom. The van der Waals surface area contributed by atoms with E-state index in [2.05, 4.69) is 10.3 Å². The number of hydrogen-bond donors (Lipinski definition) is 1. The standard InChI is InChI=1S/C21H25N3O2.2ClH/c1-15-5-8-20(12-22-15)26-14-16-3-2-4-17(11-16)21(25)24-10-9-18-6-7-19(13-24)23-18;;/h2-5,8,11-12,18-19,23H,6-7,9-10,13-14H2,1H3;2*1H. The van der Waals surface area contributed by atoms with Crippen LogP contribution in [0.25, 0.3) is 0 Å². The van der Waals surface area contributed by atoms with E-state index in [0.29, 0.717) is 18.7 Å². The minimum Gasteiger partial charge on any atom is -0.487 e. The molecule has 7 heteroatoms. The van der Waals surface area contributed by atoms with Crippen molar-refractivity contribution in [1.82, 2.24) is 15.2 Å². The number of pyridine rings is 1. The van der Waals surface area contributed by atoms with Crippen molar-refractivity contribution in [2.24, 2.45) is 0 Å². The molecular weight excluding hydrogens is 397 g/mol. The number of aromatic nitrogens is 1. The van der Waals surface area contributed by atoms with Gasteiger partial charge in [-0.1, -0.05) is 12.1 Å². The number of nitrogens with zero attached hydrogens (tertiary/aromatic N) is 2. The summed E-state index contributed by atoms with van der Waals surface area (Å²) in [4.78, 5) is 19.2. The highest BCUT2D eigenvalue weighted by Gasteiger charge is 2.31. The molecular formula is C21H27Cl2N3O2. The van der Waals surface area contributed by atoms with Gasteiger partial charge >= 0.3 is 0 Å². The first-order chi connectivity index (χ1) is 12.7. The Morgan fingerprint density at radius 2 is 2.00 bits per heavy atom. The molecule has 1 N–H and O–H groups in total. The van der Waals surface area contributed by atoms with Crippen LogP contribution in [0.1, 0.15) is 40.9 Å². The largest absolute Gasteiger partial charge is 0.487 e. The van der Waals surface area contributed by atoms with Crippen LogP contribution in [0.4, 0.5) is 0 Å². The van der Waals surface area contributed by atoms with Gasteiger partial charge in [-0.15, -0.1) is 24.8 Å². The van der Waals surface area contributed by atoms with Crippen molar-refractivity contribution >= 4 is 30.7 Å². The van der Waals surface area contributed by atoms with E-state index in [1.54, 1.807) is 6.20 Å². The lowest BCUT2D eigenvalue weighted by atomic mass is 10.1. The van der Waals surface area contributed by atoms with Gasteiger partial charge in [-0.05, 0) is 56.0 Å². The third-order valence-corrected chi connectivity index (χ3v) is 5.27. The maximum absolute atomic E-state index is 12.9. The summed E-state index contributed by atoms with van der Waals surface area (Å²) in [6, 6.07) is 12.6. The van der Waals surface area contributed by atoms with Crippen LogP contribution in [0.3, 0.4) is 0 Å². The number of hydrogen-bond acceptors (Lipinski definition) is 4. The maximum Gasteiger partial charge on any atom is 0.253 e. The van der Waals surface area contributed by atoms with Crippen LogP contribution in [-0.2, 0) is 6.61 Å². The van der Waals surface area contributed by atoms with Crippen molar-refractivity contribution in [2.45, 2.75) is 44.9 Å². The number of halogens is 2. The van der Waals surface area contributed by atoms with Crippen LogP contribution >= 0.6 is 24.8 Å². The number of fused-ring (bicyclic) bond motifs is 2. The first-order valence-electron chi connectivity index (χ1n) is 9.37. The number of nitrogens with one attached hydrogen (secondary N) is 1. The first kappa shape index (κ1) is 22.5. The molecule has 2 fully saturated rings. The molecule has 1 aromatic carbocycles. The Hall–Kier alpha value is -1.82. The maximum atomic E-state index is 12.9. The van der Waals surface area contributed by atoms with Crippen LogP contribution in [0.15, 0.2) is 42.6 Å². The summed E-state index contributed by atoms with van der Waals surface area (Å²) in [6.07, 6.45) is 5.19. The van der Waals surface area contributed by atoms with Gasteiger partial charge in [0.15, 0.2) is 0 Å². The zero-order chi connectivity index (χ0) is 17.9. The van der Waals surface area contributed by atoms with Crippen LogP contribution in [0.5, 0.6) is 5.75 Å². The third-order valence-electron chi connectivity index (χ3n) is 5.27. The first-order valence-corrected chi connectivity index (χ1v) is 9.37. The van der Waals surface area contributed by atoms with Crippen molar-refractivity contribution < 1.29 is 9.53 Å². The van der Waals surface area contributed by atoms with Gasteiger partial charge in [0.1, 0.15) is 12.4 Å². The van der Waals surface area contributed by atoms with Gasteiger partial charge < -0.3 is 15.0 Å². The summed E-state index contributed by atoms with van der Waals surface area (Å²) >= 11 is 0. The molecule has 0 spiro atoms. The fourth-order valence-electron chi connectivity index (χ4n) is 3.81. The van der Waals surface area contributed by atoms with Crippen molar-refractivity contribution in [3.05, 3.63) is 59.4 Å².